The summed E-state index contributed by atoms with van der Waals surface area (Å²) in [5.41, 5.74) is 13.9. The van der Waals surface area contributed by atoms with E-state index in [1.54, 1.807) is 78.9 Å². The minimum Gasteiger partial charge on any atom is -0.456 e. The molecule has 29 aromatic rings. The van der Waals surface area contributed by atoms with E-state index in [0.717, 1.165) is 87.6 Å². The standard InChI is InChI=1S/2C46H28O.C44H28O/c1-2-12-30(13-3-1)44-36-15-6-8-17-38(36)45(39-18-9-7-16-37(39)44)40-19-10-20-43-46(40)41-28-32(24-26-42(41)47-43)31-23-25-35-33(27-31)22-21-29-11-4-5-14-34(29)35;1-2-13-29(14-3-1)44-35-19-8-10-21-37(35)45(38-22-11-9-20-36(38)44)40-23-12-24-42-46(40)39-26-25-31(28-43(39)47-42)41-27-30-15-4-5-16-32(30)33-17-6-7-18-34(33)41;1-3-14-29(15-4-1)31-18-11-19-32(28-31)33-24-12-26-39-43(33)44-38(25-13-27-40(44)45-39)42-36-22-9-7-20-34(36)41(30-16-5-2-6-17-30)35-21-8-10-23-37(35)42/h2*1-28H;1-28H/i6D,7D,8D,9D,15D,16D,17D,18D;1D,2D,3D,8D,9D,10D,11D,13D,14D,19D,20D,21D,22D;7D,8D,9D,10D,20D,21D,22D,23D. The molecule has 0 saturated carbocycles. The first-order valence-corrected chi connectivity index (χ1v) is 45.4. The van der Waals surface area contributed by atoms with Crippen molar-refractivity contribution < 1.29 is 53.0 Å². The molecular weight excluding hydrogens is 1680 g/mol. The second-order valence-electron chi connectivity index (χ2n) is 34.3. The van der Waals surface area contributed by atoms with E-state index < -0.39 is 132 Å². The fourth-order valence-electron chi connectivity index (χ4n) is 20.8. The van der Waals surface area contributed by atoms with Crippen molar-refractivity contribution in [1.29, 1.82) is 0 Å². The molecule has 0 unspecified atom stereocenters. The van der Waals surface area contributed by atoms with Crippen LogP contribution in [0.1, 0.15) is 39.8 Å². The fraction of sp³-hybridized carbons (Fsp3) is 0. The van der Waals surface area contributed by atoms with Gasteiger partial charge in [-0.15, -0.1) is 0 Å². The van der Waals surface area contributed by atoms with Crippen molar-refractivity contribution in [2.75, 3.05) is 0 Å². The molecular formula is C136H84O3. The van der Waals surface area contributed by atoms with Crippen LogP contribution in [0.3, 0.4) is 0 Å². The average molecular weight is 1800 g/mol. The van der Waals surface area contributed by atoms with E-state index in [1.165, 1.54) is 10.8 Å². The van der Waals surface area contributed by atoms with E-state index in [4.69, 9.17) is 36.6 Å². The second kappa shape index (κ2) is 33.4. The highest BCUT2D eigenvalue weighted by Gasteiger charge is 2.27. The third kappa shape index (κ3) is 13.5. The van der Waals surface area contributed by atoms with Crippen LogP contribution in [0.25, 0.3) is 285 Å². The van der Waals surface area contributed by atoms with Gasteiger partial charge in [0.2, 0.25) is 0 Å². The quantitative estimate of drug-likeness (QED) is 0.101. The zero-order valence-corrected chi connectivity index (χ0v) is 73.5. The third-order valence-electron chi connectivity index (χ3n) is 26.8. The normalized spacial score (nSPS) is 14.7. The lowest BCUT2D eigenvalue weighted by Gasteiger charge is -2.18. The van der Waals surface area contributed by atoms with Crippen molar-refractivity contribution in [2.24, 2.45) is 0 Å². The van der Waals surface area contributed by atoms with Gasteiger partial charge in [0.1, 0.15) is 33.5 Å². The molecule has 0 aliphatic carbocycles. The molecule has 0 atom stereocenters. The average Bonchev–Trinajstić information content (AvgIpc) is 0.842. The van der Waals surface area contributed by atoms with Gasteiger partial charge < -0.3 is 13.3 Å². The molecule has 0 saturated heterocycles. The first kappa shape index (κ1) is 56.0. The van der Waals surface area contributed by atoms with Crippen molar-refractivity contribution in [1.82, 2.24) is 0 Å². The first-order chi connectivity index (χ1) is 81.0. The number of hydrogen-bond donors (Lipinski definition) is 0. The van der Waals surface area contributed by atoms with E-state index in [9.17, 15) is 16.4 Å². The maximum absolute atomic E-state index is 9.38. The number of hydrogen-bond acceptors (Lipinski definition) is 3. The SMILES string of the molecule is [2H]c1c([2H])c([2H])c(-c2c3c([2H])c([2H])c([2H])c([2H])c3c(-c3cccc4oc5cc(-c6cc7ccccc7c7ccccc67)ccc5c34)c3c([2H])c([2H])c([2H])c([2H])c23)c([2H])c1[2H].[2H]c1c([2H])c([2H])c2c(-c3cccc4oc5ccc(-c6ccc7c(ccc8ccccc87)c6)cc5c34)c3c([2H])c([2H])c([2H])c([2H])c3c(-c3ccccc3)c2c1[2H].[2H]c1c([2H])c([2H])c2c(-c3cccc4oc5cccc(-c6cccc(-c7ccccc7)c6)c5c34)c3c([2H])c([2H])c([2H])c([2H])c3c(-c3ccccc3)c2c1[2H]. The molecule has 0 N–H and O–H groups in total. The lowest BCUT2D eigenvalue weighted by Crippen LogP contribution is -1.91. The van der Waals surface area contributed by atoms with E-state index >= 15 is 0 Å². The Bertz CT molecular complexity index is 11700. The summed E-state index contributed by atoms with van der Waals surface area (Å²) in [6.07, 6.45) is 0. The van der Waals surface area contributed by atoms with Crippen LogP contribution in [0.4, 0.5) is 0 Å². The zero-order chi connectivity index (χ0) is 117. The van der Waals surface area contributed by atoms with Crippen molar-refractivity contribution >= 4 is 174 Å². The van der Waals surface area contributed by atoms with Crippen molar-refractivity contribution in [3.8, 4) is 111 Å². The summed E-state index contributed by atoms with van der Waals surface area (Å²) >= 11 is 0. The molecule has 29 rings (SSSR count). The Kier molecular flexibility index (Phi) is 13.5. The van der Waals surface area contributed by atoms with Crippen molar-refractivity contribution in [2.45, 2.75) is 0 Å². The van der Waals surface area contributed by atoms with Gasteiger partial charge in [-0.2, -0.15) is 0 Å². The second-order valence-corrected chi connectivity index (χ2v) is 34.3. The van der Waals surface area contributed by atoms with Crippen LogP contribution >= 0.6 is 0 Å². The highest BCUT2D eigenvalue weighted by atomic mass is 16.3. The highest BCUT2D eigenvalue weighted by Crippen LogP contribution is 2.54. The van der Waals surface area contributed by atoms with Gasteiger partial charge in [-0.25, -0.2) is 0 Å². The van der Waals surface area contributed by atoms with Crippen molar-refractivity contribution in [3.05, 3.63) is 509 Å². The van der Waals surface area contributed by atoms with Gasteiger partial charge in [-0.1, -0.05) is 442 Å². The molecule has 3 aromatic heterocycles. The van der Waals surface area contributed by atoms with Gasteiger partial charge in [0.25, 0.3) is 0 Å². The Morgan fingerprint density at radius 1 is 0.129 bits per heavy atom. The highest BCUT2D eigenvalue weighted by molar-refractivity contribution is 6.31. The molecule has 139 heavy (non-hydrogen) atoms. The lowest BCUT2D eigenvalue weighted by molar-refractivity contribution is 0.668. The smallest absolute Gasteiger partial charge is 0.136 e. The molecule has 3 heterocycles. The molecule has 3 nitrogen and oxygen atoms in total. The van der Waals surface area contributed by atoms with E-state index in [1.807, 2.05) is 152 Å². The minimum atomic E-state index is -0.719. The monoisotopic (exact) mass is 1790 g/mol. The zero-order valence-electron chi connectivity index (χ0n) is 102. The van der Waals surface area contributed by atoms with Gasteiger partial charge in [0.05, 0.1) is 39.8 Å². The lowest BCUT2D eigenvalue weighted by atomic mass is 9.84. The summed E-state index contributed by atoms with van der Waals surface area (Å²) in [5, 5.41) is 13.5. The molecule has 0 bridgehead atoms. The van der Waals surface area contributed by atoms with Gasteiger partial charge >= 0.3 is 0 Å². The van der Waals surface area contributed by atoms with Gasteiger partial charge in [-0.05, 0) is 286 Å². The Hall–Kier alpha value is -18.3. The van der Waals surface area contributed by atoms with Crippen LogP contribution in [0, 0.1) is 0 Å². The van der Waals surface area contributed by atoms with E-state index in [0.29, 0.717) is 99.6 Å². The molecule has 0 aliphatic heterocycles. The molecule has 0 radical (unpaired) electrons. The van der Waals surface area contributed by atoms with Crippen LogP contribution in [0.2, 0.25) is 0 Å². The summed E-state index contributed by atoms with van der Waals surface area (Å²) in [5.74, 6) is 0. The molecule has 26 aromatic carbocycles. The fourth-order valence-corrected chi connectivity index (χ4v) is 20.8. The topological polar surface area (TPSA) is 39.4 Å². The largest absolute Gasteiger partial charge is 0.456 e. The molecule has 0 amide bonds. The summed E-state index contributed by atoms with van der Waals surface area (Å²) < 4.78 is 280. The predicted molar refractivity (Wildman–Crippen MR) is 591 cm³/mol. The van der Waals surface area contributed by atoms with Gasteiger partial charge in [-0.3, -0.25) is 0 Å². The molecule has 0 aliphatic rings. The van der Waals surface area contributed by atoms with E-state index in [2.05, 4.69) is 103 Å². The Morgan fingerprint density at radius 3 is 0.986 bits per heavy atom. The van der Waals surface area contributed by atoms with Crippen LogP contribution in [0.15, 0.2) is 522 Å². The molecule has 0 fully saturated rings. The van der Waals surface area contributed by atoms with Gasteiger partial charge in [0, 0.05) is 32.3 Å². The summed E-state index contributed by atoms with van der Waals surface area (Å²) in [4.78, 5) is 0. The Labute approximate surface area is 842 Å². The van der Waals surface area contributed by atoms with E-state index in [-0.39, 0.29) is 130 Å². The Morgan fingerprint density at radius 2 is 0.453 bits per heavy atom. The summed E-state index contributed by atoms with van der Waals surface area (Å²) in [7, 11) is 0. The maximum atomic E-state index is 9.38. The molecule has 0 spiro atoms. The minimum absolute atomic E-state index is 0.0491. The maximum Gasteiger partial charge on any atom is 0.136 e. The van der Waals surface area contributed by atoms with Crippen LogP contribution in [0.5, 0.6) is 0 Å². The molecule has 3 heteroatoms. The summed E-state index contributed by atoms with van der Waals surface area (Å²) in [6.45, 7) is 0. The van der Waals surface area contributed by atoms with Crippen LogP contribution in [-0.4, -0.2) is 0 Å². The third-order valence-corrected chi connectivity index (χ3v) is 26.8. The number of furan rings is 3. The van der Waals surface area contributed by atoms with Crippen LogP contribution in [-0.2, 0) is 0 Å². The predicted octanol–water partition coefficient (Wildman–Crippen LogP) is 39.0. The number of benzene rings is 26. The summed E-state index contributed by atoms with van der Waals surface area (Å²) in [6, 6.07) is 93.2. The number of fused-ring (bicyclic) bond motifs is 21. The van der Waals surface area contributed by atoms with Crippen molar-refractivity contribution in [3.63, 3.8) is 0 Å². The Balaban J connectivity index is 0.000000120. The molecule has 646 valence electrons. The van der Waals surface area contributed by atoms with Gasteiger partial charge in [0.15, 0.2) is 0 Å². The number of rotatable bonds is 10. The van der Waals surface area contributed by atoms with Crippen LogP contribution < -0.4 is 0 Å². The first-order valence-electron chi connectivity index (χ1n) is 59.9.